The van der Waals surface area contributed by atoms with E-state index in [1.54, 1.807) is 0 Å². The highest BCUT2D eigenvalue weighted by Gasteiger charge is 2.38. The fourth-order valence-electron chi connectivity index (χ4n) is 5.90. The highest BCUT2D eigenvalue weighted by molar-refractivity contribution is 5.33. The monoisotopic (exact) mass is 486 g/mol. The number of nitrogens with zero attached hydrogens (tertiary/aromatic N) is 2. The Morgan fingerprint density at radius 2 is 1.25 bits per heavy atom. The molecule has 2 nitrogen and oxygen atoms in total. The fourth-order valence-corrected chi connectivity index (χ4v) is 5.90. The van der Waals surface area contributed by atoms with Crippen LogP contribution < -0.4 is 0 Å². The van der Waals surface area contributed by atoms with E-state index in [-0.39, 0.29) is 5.41 Å². The van der Waals surface area contributed by atoms with Gasteiger partial charge in [0.15, 0.2) is 0 Å². The molecule has 2 unspecified atom stereocenters. The van der Waals surface area contributed by atoms with Crippen LogP contribution in [-0.2, 0) is 18.9 Å². The first kappa shape index (κ1) is 28.2. The number of aromatic nitrogens is 2. The quantitative estimate of drug-likeness (QED) is 0.164. The van der Waals surface area contributed by atoms with Crippen molar-refractivity contribution >= 4 is 0 Å². The van der Waals surface area contributed by atoms with Gasteiger partial charge >= 0.3 is 0 Å². The molecule has 0 spiro atoms. The number of aryl methyl sites for hydroxylation is 1. The molecule has 1 heterocycles. The molecule has 0 amide bonds. The predicted octanol–water partition coefficient (Wildman–Crippen LogP) is 9.80. The van der Waals surface area contributed by atoms with Crippen LogP contribution in [0.4, 0.5) is 0 Å². The zero-order chi connectivity index (χ0) is 25.5. The molecule has 2 heteroatoms. The molecule has 0 bridgehead atoms. The van der Waals surface area contributed by atoms with Gasteiger partial charge in [-0.1, -0.05) is 152 Å². The molecule has 1 aromatic heterocycles. The smallest absolute Gasteiger partial charge is 0.112 e. The van der Waals surface area contributed by atoms with Crippen molar-refractivity contribution in [2.45, 2.75) is 115 Å². The Balaban J connectivity index is 1.60. The van der Waals surface area contributed by atoms with Gasteiger partial charge in [-0.25, -0.2) is 4.98 Å². The van der Waals surface area contributed by atoms with Crippen molar-refractivity contribution in [2.24, 2.45) is 7.05 Å². The van der Waals surface area contributed by atoms with Crippen molar-refractivity contribution in [3.05, 3.63) is 90.0 Å². The van der Waals surface area contributed by atoms with E-state index in [4.69, 9.17) is 4.98 Å². The largest absolute Gasteiger partial charge is 0.338 e. The molecule has 0 radical (unpaired) electrons. The minimum Gasteiger partial charge on any atom is -0.338 e. The number of rotatable bonds is 18. The van der Waals surface area contributed by atoms with Gasteiger partial charge in [-0.3, -0.25) is 0 Å². The zero-order valence-corrected chi connectivity index (χ0v) is 23.3. The van der Waals surface area contributed by atoms with Crippen LogP contribution in [-0.4, -0.2) is 9.55 Å². The van der Waals surface area contributed by atoms with Crippen LogP contribution in [0.1, 0.15) is 120 Å². The van der Waals surface area contributed by atoms with Crippen molar-refractivity contribution in [3.8, 4) is 0 Å². The molecule has 36 heavy (non-hydrogen) atoms. The molecule has 0 aliphatic carbocycles. The Morgan fingerprint density at radius 1 is 0.722 bits per heavy atom. The molecular formula is C34H50N2. The molecule has 0 aliphatic heterocycles. The van der Waals surface area contributed by atoms with Crippen molar-refractivity contribution in [2.75, 3.05) is 0 Å². The second-order valence-electron chi connectivity index (χ2n) is 11.1. The maximum atomic E-state index is 4.89. The maximum Gasteiger partial charge on any atom is 0.112 e. The SMILES string of the molecule is CCCCCCCCCCCCCCC(c1nccn1C)C(C)(Cc1ccccc1)c1ccccc1. The Bertz CT molecular complexity index is 946. The van der Waals surface area contributed by atoms with Gasteiger partial charge < -0.3 is 4.57 Å². The summed E-state index contributed by atoms with van der Waals surface area (Å²) in [6.07, 6.45) is 23.0. The first-order valence-corrected chi connectivity index (χ1v) is 14.7. The molecule has 0 fully saturated rings. The summed E-state index contributed by atoms with van der Waals surface area (Å²) >= 11 is 0. The van der Waals surface area contributed by atoms with Gasteiger partial charge in [0.05, 0.1) is 0 Å². The maximum absolute atomic E-state index is 4.89. The molecule has 2 aromatic carbocycles. The molecule has 2 atom stereocenters. The van der Waals surface area contributed by atoms with Crippen molar-refractivity contribution in [1.82, 2.24) is 9.55 Å². The van der Waals surface area contributed by atoms with Crippen molar-refractivity contribution < 1.29 is 0 Å². The van der Waals surface area contributed by atoms with Gasteiger partial charge in [-0.15, -0.1) is 0 Å². The zero-order valence-electron chi connectivity index (χ0n) is 23.3. The summed E-state index contributed by atoms with van der Waals surface area (Å²) in [6, 6.07) is 22.2. The fraction of sp³-hybridized carbons (Fsp3) is 0.559. The Hall–Kier alpha value is -2.35. The Labute approximate surface area is 221 Å². The molecule has 3 aromatic rings. The first-order chi connectivity index (χ1) is 17.6. The predicted molar refractivity (Wildman–Crippen MR) is 156 cm³/mol. The summed E-state index contributed by atoms with van der Waals surface area (Å²) in [4.78, 5) is 4.89. The molecule has 3 rings (SSSR count). The highest BCUT2D eigenvalue weighted by Crippen LogP contribution is 2.44. The number of benzene rings is 2. The molecule has 0 aliphatic rings. The third-order valence-corrected chi connectivity index (χ3v) is 8.13. The van der Waals surface area contributed by atoms with E-state index in [0.717, 1.165) is 6.42 Å². The summed E-state index contributed by atoms with van der Waals surface area (Å²) in [6.45, 7) is 4.76. The van der Waals surface area contributed by atoms with Crippen molar-refractivity contribution in [3.63, 3.8) is 0 Å². The van der Waals surface area contributed by atoms with Gasteiger partial charge in [0.2, 0.25) is 0 Å². The van der Waals surface area contributed by atoms with E-state index in [1.807, 2.05) is 6.20 Å². The van der Waals surface area contributed by atoms with E-state index >= 15 is 0 Å². The van der Waals surface area contributed by atoms with Crippen LogP contribution in [0.25, 0.3) is 0 Å². The van der Waals surface area contributed by atoms with E-state index < -0.39 is 0 Å². The van der Waals surface area contributed by atoms with Gasteiger partial charge in [0.25, 0.3) is 0 Å². The van der Waals surface area contributed by atoms with Gasteiger partial charge in [0.1, 0.15) is 5.82 Å². The average Bonchev–Trinajstić information content (AvgIpc) is 3.33. The van der Waals surface area contributed by atoms with E-state index in [2.05, 4.69) is 92.3 Å². The Kier molecular flexibility index (Phi) is 12.3. The summed E-state index contributed by atoms with van der Waals surface area (Å²) < 4.78 is 2.25. The van der Waals surface area contributed by atoms with Gasteiger partial charge in [-0.2, -0.15) is 0 Å². The van der Waals surface area contributed by atoms with Crippen LogP contribution in [0.5, 0.6) is 0 Å². The topological polar surface area (TPSA) is 17.8 Å². The summed E-state index contributed by atoms with van der Waals surface area (Å²) in [7, 11) is 2.16. The second-order valence-corrected chi connectivity index (χ2v) is 11.1. The first-order valence-electron chi connectivity index (χ1n) is 14.7. The van der Waals surface area contributed by atoms with Crippen LogP contribution in [0.3, 0.4) is 0 Å². The van der Waals surface area contributed by atoms with Crippen molar-refractivity contribution in [1.29, 1.82) is 0 Å². The third kappa shape index (κ3) is 8.64. The Morgan fingerprint density at radius 3 is 1.78 bits per heavy atom. The third-order valence-electron chi connectivity index (χ3n) is 8.13. The molecule has 0 N–H and O–H groups in total. The minimum atomic E-state index is -0.0144. The van der Waals surface area contributed by atoms with Crippen LogP contribution >= 0.6 is 0 Å². The van der Waals surface area contributed by atoms with Gasteiger partial charge in [-0.05, 0) is 24.0 Å². The standard InChI is InChI=1S/C34H50N2/c1-4-5-6-7-8-9-10-11-12-13-14-21-26-32(33-35-27-28-36(33)3)34(2,31-24-19-16-20-25-31)29-30-22-17-15-18-23-30/h15-20,22-25,27-28,32H,4-14,21,26,29H2,1-3H3. The lowest BCUT2D eigenvalue weighted by molar-refractivity contribution is 0.326. The van der Waals surface area contributed by atoms with Crippen LogP contribution in [0, 0.1) is 0 Å². The molecule has 0 saturated carbocycles. The second kappa shape index (κ2) is 15.7. The number of hydrogen-bond acceptors (Lipinski definition) is 1. The van der Waals surface area contributed by atoms with Crippen LogP contribution in [0.15, 0.2) is 73.1 Å². The summed E-state index contributed by atoms with van der Waals surface area (Å²) in [5, 5.41) is 0. The van der Waals surface area contributed by atoms with Crippen LogP contribution in [0.2, 0.25) is 0 Å². The van der Waals surface area contributed by atoms with E-state index in [1.165, 1.54) is 100 Å². The molecular weight excluding hydrogens is 436 g/mol. The van der Waals surface area contributed by atoms with Gasteiger partial charge in [0, 0.05) is 30.8 Å². The van der Waals surface area contributed by atoms with E-state index in [0.29, 0.717) is 5.92 Å². The number of unbranched alkanes of at least 4 members (excludes halogenated alkanes) is 11. The lowest BCUT2D eigenvalue weighted by Gasteiger charge is -2.39. The summed E-state index contributed by atoms with van der Waals surface area (Å²) in [5.41, 5.74) is 2.80. The lowest BCUT2D eigenvalue weighted by Crippen LogP contribution is -2.34. The minimum absolute atomic E-state index is 0.0144. The molecule has 0 saturated heterocycles. The molecule has 196 valence electrons. The average molecular weight is 487 g/mol. The summed E-state index contributed by atoms with van der Waals surface area (Å²) in [5.74, 6) is 1.60. The normalized spacial score (nSPS) is 14.0. The number of imidazole rings is 1. The highest BCUT2D eigenvalue weighted by atomic mass is 15.0. The lowest BCUT2D eigenvalue weighted by atomic mass is 9.66. The van der Waals surface area contributed by atoms with E-state index in [9.17, 15) is 0 Å². The number of hydrogen-bond donors (Lipinski definition) is 0.